The number of aromatic nitrogens is 1. The van der Waals surface area contributed by atoms with Crippen molar-refractivity contribution in [1.82, 2.24) is 4.98 Å². The van der Waals surface area contributed by atoms with E-state index in [4.69, 9.17) is 16.3 Å². The van der Waals surface area contributed by atoms with Crippen LogP contribution >= 0.6 is 22.9 Å². The van der Waals surface area contributed by atoms with Gasteiger partial charge in [-0.1, -0.05) is 54.1 Å². The average molecular weight is 464 g/mol. The fourth-order valence-corrected chi connectivity index (χ4v) is 3.99. The number of amides is 2. The zero-order valence-corrected chi connectivity index (χ0v) is 18.3. The largest absolute Gasteiger partial charge is 0.484 e. The Kier molecular flexibility index (Phi) is 6.79. The second kappa shape index (κ2) is 10.1. The minimum absolute atomic E-state index is 0.150. The van der Waals surface area contributed by atoms with Gasteiger partial charge in [-0.25, -0.2) is 4.98 Å². The van der Waals surface area contributed by atoms with E-state index in [1.54, 1.807) is 42.5 Å². The molecule has 0 aliphatic carbocycles. The minimum atomic E-state index is -0.292. The Morgan fingerprint density at radius 3 is 2.47 bits per heavy atom. The number of carbonyl (C=O) groups is 2. The van der Waals surface area contributed by atoms with Crippen molar-refractivity contribution < 1.29 is 14.3 Å². The Hall–Kier alpha value is -3.68. The number of halogens is 1. The molecule has 2 amide bonds. The summed E-state index contributed by atoms with van der Waals surface area (Å²) >= 11 is 7.47. The predicted octanol–water partition coefficient (Wildman–Crippen LogP) is 5.73. The monoisotopic (exact) mass is 463 g/mol. The van der Waals surface area contributed by atoms with Crippen molar-refractivity contribution in [2.45, 2.75) is 0 Å². The van der Waals surface area contributed by atoms with Gasteiger partial charge in [-0.2, -0.15) is 0 Å². The van der Waals surface area contributed by atoms with Crippen molar-refractivity contribution in [2.75, 3.05) is 17.2 Å². The molecule has 8 heteroatoms. The van der Waals surface area contributed by atoms with Crippen molar-refractivity contribution in [3.8, 4) is 16.3 Å². The molecule has 0 saturated heterocycles. The summed E-state index contributed by atoms with van der Waals surface area (Å²) in [4.78, 5) is 29.5. The molecule has 1 heterocycles. The van der Waals surface area contributed by atoms with E-state index in [1.807, 2.05) is 36.4 Å². The summed E-state index contributed by atoms with van der Waals surface area (Å²) in [5, 5.41) is 6.82. The van der Waals surface area contributed by atoms with Crippen molar-refractivity contribution in [2.24, 2.45) is 0 Å². The van der Waals surface area contributed by atoms with Crippen LogP contribution in [-0.4, -0.2) is 23.4 Å². The third-order valence-electron chi connectivity index (χ3n) is 4.35. The number of benzene rings is 3. The Labute approximate surface area is 193 Å². The fourth-order valence-electron chi connectivity index (χ4n) is 2.86. The highest BCUT2D eigenvalue weighted by Crippen LogP contribution is 2.31. The molecule has 1 aromatic heterocycles. The maximum Gasteiger partial charge on any atom is 0.267 e. The van der Waals surface area contributed by atoms with E-state index in [2.05, 4.69) is 15.6 Å². The van der Waals surface area contributed by atoms with E-state index in [-0.39, 0.29) is 18.4 Å². The molecule has 0 aliphatic heterocycles. The predicted molar refractivity (Wildman–Crippen MR) is 128 cm³/mol. The summed E-state index contributed by atoms with van der Waals surface area (Å²) in [6, 6.07) is 23.3. The second-order valence-corrected chi connectivity index (χ2v) is 8.13. The molecule has 32 heavy (non-hydrogen) atoms. The number of ether oxygens (including phenoxy) is 1. The van der Waals surface area contributed by atoms with Gasteiger partial charge in [0.15, 0.2) is 6.61 Å². The molecule has 0 unspecified atom stereocenters. The van der Waals surface area contributed by atoms with Crippen LogP contribution in [0.15, 0.2) is 85.1 Å². The summed E-state index contributed by atoms with van der Waals surface area (Å²) in [6.45, 7) is -0.150. The Balaban J connectivity index is 1.36. The zero-order valence-electron chi connectivity index (χ0n) is 16.7. The highest BCUT2D eigenvalue weighted by molar-refractivity contribution is 7.17. The van der Waals surface area contributed by atoms with Crippen LogP contribution in [-0.2, 0) is 4.79 Å². The highest BCUT2D eigenvalue weighted by Gasteiger charge is 2.14. The number of thiazole rings is 1. The fraction of sp³-hybridized carbons (Fsp3) is 0.0417. The van der Waals surface area contributed by atoms with Gasteiger partial charge in [0.05, 0.1) is 11.2 Å². The molecule has 0 aliphatic rings. The van der Waals surface area contributed by atoms with Gasteiger partial charge in [0.25, 0.3) is 11.8 Å². The highest BCUT2D eigenvalue weighted by atomic mass is 35.5. The van der Waals surface area contributed by atoms with Crippen molar-refractivity contribution in [3.63, 3.8) is 0 Å². The molecule has 4 aromatic rings. The van der Waals surface area contributed by atoms with Crippen LogP contribution in [0.3, 0.4) is 0 Å². The molecule has 6 nitrogen and oxygen atoms in total. The lowest BCUT2D eigenvalue weighted by Gasteiger charge is -2.09. The average Bonchev–Trinajstić information content (AvgIpc) is 3.29. The van der Waals surface area contributed by atoms with E-state index in [1.165, 1.54) is 17.5 Å². The van der Waals surface area contributed by atoms with Crippen LogP contribution in [0, 0.1) is 0 Å². The summed E-state index contributed by atoms with van der Waals surface area (Å²) < 4.78 is 5.56. The lowest BCUT2D eigenvalue weighted by atomic mass is 10.2. The number of rotatable bonds is 7. The number of para-hydroxylation sites is 1. The Bertz CT molecular complexity index is 1240. The topological polar surface area (TPSA) is 80.3 Å². The van der Waals surface area contributed by atoms with E-state index in [9.17, 15) is 9.59 Å². The van der Waals surface area contributed by atoms with Crippen LogP contribution in [0.4, 0.5) is 11.4 Å². The lowest BCUT2D eigenvalue weighted by Crippen LogP contribution is -2.20. The van der Waals surface area contributed by atoms with Gasteiger partial charge in [-0.15, -0.1) is 11.3 Å². The quantitative estimate of drug-likeness (QED) is 0.366. The summed E-state index contributed by atoms with van der Waals surface area (Å²) in [5.41, 5.74) is 2.02. The molecule has 0 bridgehead atoms. The standard InChI is InChI=1S/C24H18ClN3O3S/c25-20-12-5-4-11-19(20)24-26-14-21(32-24)23(30)28-17-9-6-10-18(13-17)31-15-22(29)27-16-7-2-1-3-8-16/h1-14H,15H2,(H,27,29)(H,28,30). The lowest BCUT2D eigenvalue weighted by molar-refractivity contribution is -0.118. The Morgan fingerprint density at radius 1 is 0.906 bits per heavy atom. The maximum atomic E-state index is 12.6. The molecule has 0 radical (unpaired) electrons. The van der Waals surface area contributed by atoms with Gasteiger partial charge in [0, 0.05) is 23.0 Å². The third kappa shape index (κ3) is 5.51. The van der Waals surface area contributed by atoms with Crippen molar-refractivity contribution >= 4 is 46.1 Å². The van der Waals surface area contributed by atoms with Crippen LogP contribution in [0.25, 0.3) is 10.6 Å². The summed E-state index contributed by atoms with van der Waals surface area (Å²) in [7, 11) is 0. The number of nitrogens with one attached hydrogen (secondary N) is 2. The molecular weight excluding hydrogens is 446 g/mol. The third-order valence-corrected chi connectivity index (χ3v) is 5.71. The number of nitrogens with zero attached hydrogens (tertiary/aromatic N) is 1. The molecule has 0 saturated carbocycles. The number of anilines is 2. The first-order chi connectivity index (χ1) is 15.6. The van der Waals surface area contributed by atoms with Gasteiger partial charge in [0.2, 0.25) is 0 Å². The molecule has 3 aromatic carbocycles. The van der Waals surface area contributed by atoms with Crippen LogP contribution < -0.4 is 15.4 Å². The SMILES string of the molecule is O=C(COc1cccc(NC(=O)c2cnc(-c3ccccc3Cl)s2)c1)Nc1ccccc1. The molecule has 0 fully saturated rings. The first-order valence-electron chi connectivity index (χ1n) is 9.68. The van der Waals surface area contributed by atoms with Crippen LogP contribution in [0.2, 0.25) is 5.02 Å². The molecule has 4 rings (SSSR count). The zero-order chi connectivity index (χ0) is 22.3. The van der Waals surface area contributed by atoms with Crippen molar-refractivity contribution in [3.05, 3.63) is 95.0 Å². The van der Waals surface area contributed by atoms with E-state index >= 15 is 0 Å². The number of hydrogen-bond acceptors (Lipinski definition) is 5. The minimum Gasteiger partial charge on any atom is -0.484 e. The summed E-state index contributed by atoms with van der Waals surface area (Å²) in [6.07, 6.45) is 1.52. The van der Waals surface area contributed by atoms with Crippen LogP contribution in [0.5, 0.6) is 5.75 Å². The van der Waals surface area contributed by atoms with Gasteiger partial charge in [0.1, 0.15) is 15.6 Å². The van der Waals surface area contributed by atoms with Gasteiger partial charge >= 0.3 is 0 Å². The first kappa shape index (κ1) is 21.5. The molecule has 0 atom stereocenters. The van der Waals surface area contributed by atoms with Gasteiger partial charge in [-0.05, 0) is 30.3 Å². The van der Waals surface area contributed by atoms with E-state index < -0.39 is 0 Å². The smallest absolute Gasteiger partial charge is 0.267 e. The van der Waals surface area contributed by atoms with Crippen LogP contribution in [0.1, 0.15) is 9.67 Å². The number of hydrogen-bond donors (Lipinski definition) is 2. The van der Waals surface area contributed by atoms with Gasteiger partial charge in [-0.3, -0.25) is 9.59 Å². The van der Waals surface area contributed by atoms with E-state index in [0.717, 1.165) is 5.56 Å². The first-order valence-corrected chi connectivity index (χ1v) is 10.9. The second-order valence-electron chi connectivity index (χ2n) is 6.69. The van der Waals surface area contributed by atoms with Crippen molar-refractivity contribution in [1.29, 1.82) is 0 Å². The molecule has 160 valence electrons. The van der Waals surface area contributed by atoms with Gasteiger partial charge < -0.3 is 15.4 Å². The summed E-state index contributed by atoms with van der Waals surface area (Å²) in [5.74, 6) is -0.103. The normalized spacial score (nSPS) is 10.4. The number of carbonyl (C=O) groups excluding carboxylic acids is 2. The molecule has 0 spiro atoms. The molecule has 2 N–H and O–H groups in total. The maximum absolute atomic E-state index is 12.6. The van der Waals surface area contributed by atoms with E-state index in [0.29, 0.717) is 32.0 Å². The molecular formula is C24H18ClN3O3S. The Morgan fingerprint density at radius 2 is 1.66 bits per heavy atom.